The first-order valence-corrected chi connectivity index (χ1v) is 8.27. The maximum absolute atomic E-state index is 6.51. The van der Waals surface area contributed by atoms with Crippen LogP contribution in [-0.2, 0) is 0 Å². The molecule has 1 atom stereocenters. The second-order valence-corrected chi connectivity index (χ2v) is 6.69. The largest absolute Gasteiger partial charge is 0.309 e. The van der Waals surface area contributed by atoms with Gasteiger partial charge in [-0.15, -0.1) is 11.3 Å². The van der Waals surface area contributed by atoms with Gasteiger partial charge in [0.05, 0.1) is 6.04 Å². The number of halogens is 1. The molecule has 0 bridgehead atoms. The van der Waals surface area contributed by atoms with Crippen molar-refractivity contribution in [3.05, 3.63) is 69.1 Å². The predicted molar refractivity (Wildman–Crippen MR) is 93.7 cm³/mol. The molecule has 3 rings (SSSR count). The van der Waals surface area contributed by atoms with Gasteiger partial charge in [0.15, 0.2) is 0 Å². The van der Waals surface area contributed by atoms with Crippen LogP contribution in [0.3, 0.4) is 0 Å². The third-order valence-electron chi connectivity index (χ3n) is 4.03. The monoisotopic (exact) mass is 315 g/mol. The lowest BCUT2D eigenvalue weighted by Gasteiger charge is -2.19. The Labute approximate surface area is 134 Å². The average molecular weight is 316 g/mol. The van der Waals surface area contributed by atoms with Crippen LogP contribution in [0.2, 0.25) is 5.02 Å². The Morgan fingerprint density at radius 3 is 2.52 bits per heavy atom. The van der Waals surface area contributed by atoms with Crippen molar-refractivity contribution >= 4 is 33.0 Å². The fraction of sp³-hybridized carbons (Fsp3) is 0.222. The lowest BCUT2D eigenvalue weighted by atomic mass is 9.95. The smallest absolute Gasteiger partial charge is 0.0603 e. The van der Waals surface area contributed by atoms with E-state index < -0.39 is 0 Å². The third-order valence-corrected chi connectivity index (χ3v) is 5.34. The van der Waals surface area contributed by atoms with E-state index in [1.807, 2.05) is 7.05 Å². The van der Waals surface area contributed by atoms with E-state index in [0.717, 1.165) is 10.6 Å². The number of aryl methyl sites for hydroxylation is 2. The van der Waals surface area contributed by atoms with E-state index in [1.165, 1.54) is 26.8 Å². The minimum Gasteiger partial charge on any atom is -0.309 e. The van der Waals surface area contributed by atoms with Gasteiger partial charge in [-0.25, -0.2) is 0 Å². The van der Waals surface area contributed by atoms with E-state index in [-0.39, 0.29) is 6.04 Å². The van der Waals surface area contributed by atoms with Gasteiger partial charge in [-0.1, -0.05) is 35.9 Å². The summed E-state index contributed by atoms with van der Waals surface area (Å²) in [6.07, 6.45) is 0. The lowest BCUT2D eigenvalue weighted by Crippen LogP contribution is -2.18. The lowest BCUT2D eigenvalue weighted by molar-refractivity contribution is 0.698. The minimum atomic E-state index is 0.118. The van der Waals surface area contributed by atoms with Crippen LogP contribution < -0.4 is 5.32 Å². The van der Waals surface area contributed by atoms with Crippen LogP contribution >= 0.6 is 22.9 Å². The van der Waals surface area contributed by atoms with Gasteiger partial charge in [0.25, 0.3) is 0 Å². The molecule has 21 heavy (non-hydrogen) atoms. The second kappa shape index (κ2) is 5.80. The fourth-order valence-corrected chi connectivity index (χ4v) is 4.04. The topological polar surface area (TPSA) is 12.0 Å². The summed E-state index contributed by atoms with van der Waals surface area (Å²) in [5.74, 6) is 0. The Hall–Kier alpha value is -1.35. The molecular formula is C18H18ClNS. The van der Waals surface area contributed by atoms with Crippen LogP contribution in [0.15, 0.2) is 41.8 Å². The van der Waals surface area contributed by atoms with Crippen molar-refractivity contribution in [2.24, 2.45) is 0 Å². The molecule has 1 aromatic heterocycles. The Morgan fingerprint density at radius 2 is 1.76 bits per heavy atom. The Kier molecular flexibility index (Phi) is 4.03. The van der Waals surface area contributed by atoms with Crippen LogP contribution in [0.4, 0.5) is 0 Å². The molecule has 1 nitrogen and oxygen atoms in total. The summed E-state index contributed by atoms with van der Waals surface area (Å²) in [4.78, 5) is 0. The van der Waals surface area contributed by atoms with E-state index >= 15 is 0 Å². The molecule has 108 valence electrons. The summed E-state index contributed by atoms with van der Waals surface area (Å²) < 4.78 is 1.31. The number of fused-ring (bicyclic) bond motifs is 1. The predicted octanol–water partition coefficient (Wildman–Crippen LogP) is 5.48. The normalized spacial score (nSPS) is 12.8. The van der Waals surface area contributed by atoms with Crippen molar-refractivity contribution in [1.29, 1.82) is 0 Å². The first-order chi connectivity index (χ1) is 10.1. The van der Waals surface area contributed by atoms with Gasteiger partial charge in [0.2, 0.25) is 0 Å². The van der Waals surface area contributed by atoms with Crippen LogP contribution in [-0.4, -0.2) is 7.05 Å². The molecule has 1 N–H and O–H groups in total. The Balaban J connectivity index is 2.17. The zero-order chi connectivity index (χ0) is 15.0. The average Bonchev–Trinajstić information content (AvgIpc) is 2.89. The minimum absolute atomic E-state index is 0.118. The Morgan fingerprint density at radius 1 is 1.05 bits per heavy atom. The second-order valence-electron chi connectivity index (χ2n) is 5.37. The molecule has 0 radical (unpaired) electrons. The van der Waals surface area contributed by atoms with Gasteiger partial charge in [-0.05, 0) is 66.0 Å². The van der Waals surface area contributed by atoms with Crippen LogP contribution in [0.25, 0.3) is 10.1 Å². The number of hydrogen-bond acceptors (Lipinski definition) is 2. The molecule has 0 aliphatic rings. The summed E-state index contributed by atoms with van der Waals surface area (Å²) in [6, 6.07) is 12.9. The SMILES string of the molecule is CNC(c1cc(C)c(C)cc1Cl)c1csc2ccccc12. The first kappa shape index (κ1) is 14.6. The first-order valence-electron chi connectivity index (χ1n) is 7.02. The standard InChI is InChI=1S/C18H18ClNS/c1-11-8-14(16(19)9-12(11)2)18(20-3)15-10-21-17-7-5-4-6-13(15)17/h4-10,18,20H,1-3H3. The van der Waals surface area contributed by atoms with E-state index in [9.17, 15) is 0 Å². The van der Waals surface area contributed by atoms with Crippen molar-refractivity contribution in [2.45, 2.75) is 19.9 Å². The maximum Gasteiger partial charge on any atom is 0.0603 e. The van der Waals surface area contributed by atoms with E-state index in [2.05, 4.69) is 60.9 Å². The summed E-state index contributed by atoms with van der Waals surface area (Å²) in [6.45, 7) is 4.23. The quantitative estimate of drug-likeness (QED) is 0.674. The van der Waals surface area contributed by atoms with Crippen molar-refractivity contribution in [3.8, 4) is 0 Å². The van der Waals surface area contributed by atoms with Crippen LogP contribution in [0, 0.1) is 13.8 Å². The van der Waals surface area contributed by atoms with Crippen molar-refractivity contribution < 1.29 is 0 Å². The van der Waals surface area contributed by atoms with E-state index in [1.54, 1.807) is 11.3 Å². The highest BCUT2D eigenvalue weighted by Crippen LogP contribution is 2.36. The van der Waals surface area contributed by atoms with Crippen LogP contribution in [0.5, 0.6) is 0 Å². The summed E-state index contributed by atoms with van der Waals surface area (Å²) in [5.41, 5.74) is 4.94. The van der Waals surface area contributed by atoms with Gasteiger partial charge in [-0.3, -0.25) is 0 Å². The molecule has 0 amide bonds. The molecule has 0 fully saturated rings. The zero-order valence-corrected chi connectivity index (χ0v) is 14.0. The molecule has 0 spiro atoms. The number of benzene rings is 2. The maximum atomic E-state index is 6.51. The molecule has 3 aromatic rings. The van der Waals surface area contributed by atoms with Crippen LogP contribution in [0.1, 0.15) is 28.3 Å². The molecule has 0 aliphatic carbocycles. The van der Waals surface area contributed by atoms with Crippen molar-refractivity contribution in [2.75, 3.05) is 7.05 Å². The fourth-order valence-electron chi connectivity index (χ4n) is 2.72. The molecule has 1 heterocycles. The summed E-state index contributed by atoms with van der Waals surface area (Å²) >= 11 is 8.29. The molecular weight excluding hydrogens is 298 g/mol. The highest BCUT2D eigenvalue weighted by atomic mass is 35.5. The van der Waals surface area contributed by atoms with E-state index in [0.29, 0.717) is 0 Å². The van der Waals surface area contributed by atoms with Gasteiger partial charge >= 0.3 is 0 Å². The number of nitrogens with one attached hydrogen (secondary N) is 1. The molecule has 3 heteroatoms. The van der Waals surface area contributed by atoms with Gasteiger partial charge < -0.3 is 5.32 Å². The van der Waals surface area contributed by atoms with Gasteiger partial charge in [0, 0.05) is 9.72 Å². The highest BCUT2D eigenvalue weighted by Gasteiger charge is 2.19. The van der Waals surface area contributed by atoms with Crippen molar-refractivity contribution in [3.63, 3.8) is 0 Å². The van der Waals surface area contributed by atoms with E-state index in [4.69, 9.17) is 11.6 Å². The number of thiophene rings is 1. The van der Waals surface area contributed by atoms with Crippen molar-refractivity contribution in [1.82, 2.24) is 5.32 Å². The zero-order valence-electron chi connectivity index (χ0n) is 12.4. The Bertz CT molecular complexity index is 791. The van der Waals surface area contributed by atoms with Gasteiger partial charge in [-0.2, -0.15) is 0 Å². The molecule has 1 unspecified atom stereocenters. The highest BCUT2D eigenvalue weighted by molar-refractivity contribution is 7.17. The molecule has 2 aromatic carbocycles. The van der Waals surface area contributed by atoms with Gasteiger partial charge in [0.1, 0.15) is 0 Å². The summed E-state index contributed by atoms with van der Waals surface area (Å²) in [5, 5.41) is 7.78. The summed E-state index contributed by atoms with van der Waals surface area (Å²) in [7, 11) is 1.99. The molecule has 0 saturated carbocycles. The molecule has 0 saturated heterocycles. The molecule has 0 aliphatic heterocycles. The number of rotatable bonds is 3. The number of hydrogen-bond donors (Lipinski definition) is 1. The third kappa shape index (κ3) is 2.59.